The number of carbonyl (C=O) groups is 2. The van der Waals surface area contributed by atoms with Crippen LogP contribution in [0.5, 0.6) is 11.5 Å². The smallest absolute Gasteiger partial charge is 0.454 e. The van der Waals surface area contributed by atoms with Crippen molar-refractivity contribution in [2.24, 2.45) is 0 Å². The normalized spacial score (nSPS) is 13.4. The lowest BCUT2D eigenvalue weighted by Crippen LogP contribution is -2.23. The van der Waals surface area contributed by atoms with Crippen molar-refractivity contribution in [1.82, 2.24) is 0 Å². The molecule has 0 fully saturated rings. The molecule has 0 amide bonds. The number of Topliss-reactive ketones (excluding diaryl/α,β-unsaturated/α-hetero) is 2. The maximum absolute atomic E-state index is 12.7. The number of alkyl halides is 6. The molecular weight excluding hydrogens is 457 g/mol. The first-order valence-electron chi connectivity index (χ1n) is 7.05. The highest BCUT2D eigenvalue weighted by Gasteiger charge is 2.42. The summed E-state index contributed by atoms with van der Waals surface area (Å²) in [6, 6.07) is 3.60. The summed E-state index contributed by atoms with van der Waals surface area (Å²) in [5, 5.41) is -1.03. The number of rotatable bonds is 2. The lowest BCUT2D eigenvalue weighted by atomic mass is 10.1. The molecule has 0 saturated carbocycles. The highest BCUT2D eigenvalue weighted by molar-refractivity contribution is 7.99. The zero-order valence-corrected chi connectivity index (χ0v) is 15.3. The second kappa shape index (κ2) is 6.85. The Bertz CT molecular complexity index is 937. The van der Waals surface area contributed by atoms with Crippen molar-refractivity contribution < 1.29 is 40.7 Å². The van der Waals surface area contributed by atoms with Gasteiger partial charge < -0.3 is 4.74 Å². The lowest BCUT2D eigenvalue weighted by Gasteiger charge is -2.22. The predicted molar refractivity (Wildman–Crippen MR) is 87.9 cm³/mol. The van der Waals surface area contributed by atoms with Crippen molar-refractivity contribution in [3.8, 4) is 11.5 Å². The summed E-state index contributed by atoms with van der Waals surface area (Å²) in [5.74, 6) is -4.41. The molecule has 12 heteroatoms. The Labute approximate surface area is 166 Å². The third-order valence-corrected chi connectivity index (χ3v) is 5.21. The molecule has 0 atom stereocenters. The minimum absolute atomic E-state index is 0.00256. The minimum atomic E-state index is -5.17. The molecule has 2 aromatic rings. The summed E-state index contributed by atoms with van der Waals surface area (Å²) in [7, 11) is 0. The molecular formula is C16H4Cl2F6O3S. The first-order chi connectivity index (χ1) is 12.8. The number of carbonyl (C=O) groups excluding carboxylic acids is 2. The molecule has 1 aliphatic heterocycles. The topological polar surface area (TPSA) is 43.4 Å². The van der Waals surface area contributed by atoms with Crippen LogP contribution in [-0.2, 0) is 0 Å². The van der Waals surface area contributed by atoms with Gasteiger partial charge in [-0.05, 0) is 12.1 Å². The molecule has 28 heavy (non-hydrogen) atoms. The van der Waals surface area contributed by atoms with E-state index in [4.69, 9.17) is 27.9 Å². The maximum Gasteiger partial charge on any atom is 0.454 e. The molecule has 148 valence electrons. The van der Waals surface area contributed by atoms with Gasteiger partial charge in [-0.2, -0.15) is 26.3 Å². The van der Waals surface area contributed by atoms with Gasteiger partial charge in [0.05, 0.1) is 19.8 Å². The Morgan fingerprint density at radius 1 is 0.750 bits per heavy atom. The van der Waals surface area contributed by atoms with E-state index in [0.717, 1.165) is 24.3 Å². The number of halogens is 8. The lowest BCUT2D eigenvalue weighted by molar-refractivity contribution is -0.0888. The molecule has 3 nitrogen and oxygen atoms in total. The van der Waals surface area contributed by atoms with Gasteiger partial charge in [-0.25, -0.2) is 0 Å². The van der Waals surface area contributed by atoms with Crippen molar-refractivity contribution in [2.45, 2.75) is 22.1 Å². The third-order valence-electron chi connectivity index (χ3n) is 3.51. The van der Waals surface area contributed by atoms with Crippen LogP contribution in [0.4, 0.5) is 26.3 Å². The third kappa shape index (κ3) is 3.81. The molecule has 0 spiro atoms. The van der Waals surface area contributed by atoms with E-state index in [0.29, 0.717) is 11.8 Å². The van der Waals surface area contributed by atoms with Gasteiger partial charge in [-0.15, -0.1) is 0 Å². The van der Waals surface area contributed by atoms with Crippen LogP contribution < -0.4 is 4.74 Å². The number of hydrogen-bond acceptors (Lipinski definition) is 4. The van der Waals surface area contributed by atoms with Gasteiger partial charge in [0.15, 0.2) is 0 Å². The highest BCUT2D eigenvalue weighted by atomic mass is 35.5. The van der Waals surface area contributed by atoms with Gasteiger partial charge >= 0.3 is 12.4 Å². The van der Waals surface area contributed by atoms with E-state index in [-0.39, 0.29) is 21.3 Å². The monoisotopic (exact) mass is 460 g/mol. The molecule has 0 N–H and O–H groups in total. The van der Waals surface area contributed by atoms with E-state index < -0.39 is 45.1 Å². The Morgan fingerprint density at radius 2 is 1.11 bits per heavy atom. The molecule has 0 saturated heterocycles. The number of ether oxygens (including phenoxy) is 1. The summed E-state index contributed by atoms with van der Waals surface area (Å²) >= 11 is 12.2. The Kier molecular flexibility index (Phi) is 5.10. The highest BCUT2D eigenvalue weighted by Crippen LogP contribution is 2.50. The fraction of sp³-hybridized carbons (Fsp3) is 0.125. The van der Waals surface area contributed by atoms with Crippen LogP contribution in [0.15, 0.2) is 34.1 Å². The van der Waals surface area contributed by atoms with E-state index in [2.05, 4.69) is 0 Å². The summed E-state index contributed by atoms with van der Waals surface area (Å²) < 4.78 is 81.5. The summed E-state index contributed by atoms with van der Waals surface area (Å²) in [6.07, 6.45) is -10.3. The minimum Gasteiger partial charge on any atom is -0.455 e. The molecule has 0 radical (unpaired) electrons. The van der Waals surface area contributed by atoms with Crippen molar-refractivity contribution in [3.05, 3.63) is 45.4 Å². The summed E-state index contributed by atoms with van der Waals surface area (Å²) in [4.78, 5) is 22.9. The van der Waals surface area contributed by atoms with E-state index in [1.165, 1.54) is 0 Å². The largest absolute Gasteiger partial charge is 0.455 e. The van der Waals surface area contributed by atoms with Gasteiger partial charge in [-0.1, -0.05) is 35.0 Å². The molecule has 1 aliphatic rings. The second-order valence-electron chi connectivity index (χ2n) is 5.42. The summed E-state index contributed by atoms with van der Waals surface area (Å²) in [6.45, 7) is 0. The molecule has 1 heterocycles. The predicted octanol–water partition coefficient (Wildman–Crippen LogP) is 6.74. The first kappa shape index (κ1) is 20.8. The molecule has 0 bridgehead atoms. The van der Waals surface area contributed by atoms with E-state index >= 15 is 0 Å². The van der Waals surface area contributed by atoms with Crippen LogP contribution in [0.1, 0.15) is 20.7 Å². The van der Waals surface area contributed by atoms with E-state index in [1.807, 2.05) is 0 Å². The zero-order chi connectivity index (χ0) is 21.0. The molecule has 2 aromatic carbocycles. The van der Waals surface area contributed by atoms with Crippen molar-refractivity contribution in [2.75, 3.05) is 0 Å². The van der Waals surface area contributed by atoms with Crippen molar-refractivity contribution in [3.63, 3.8) is 0 Å². The fourth-order valence-electron chi connectivity index (χ4n) is 2.28. The SMILES string of the molecule is O=C(c1cc2c(cc1Cl)Oc1cc(Cl)c(C(=O)C(F)(F)F)cc1S2)C(F)(F)F. The number of benzene rings is 2. The van der Waals surface area contributed by atoms with Crippen LogP contribution in [0.25, 0.3) is 0 Å². The fourth-order valence-corrected chi connectivity index (χ4v) is 3.75. The van der Waals surface area contributed by atoms with Gasteiger partial charge in [0.25, 0.3) is 11.6 Å². The number of hydrogen-bond donors (Lipinski definition) is 0. The molecule has 3 rings (SSSR count). The maximum atomic E-state index is 12.7. The van der Waals surface area contributed by atoms with Crippen molar-refractivity contribution in [1.29, 1.82) is 0 Å². The molecule has 0 aliphatic carbocycles. The Balaban J connectivity index is 2.05. The quantitative estimate of drug-likeness (QED) is 0.313. The van der Waals surface area contributed by atoms with Crippen LogP contribution >= 0.6 is 35.0 Å². The summed E-state index contributed by atoms with van der Waals surface area (Å²) in [5.41, 5.74) is -1.68. The van der Waals surface area contributed by atoms with Crippen molar-refractivity contribution >= 4 is 46.5 Å². The number of ketones is 2. The average molecular weight is 461 g/mol. The average Bonchev–Trinajstić information content (AvgIpc) is 2.56. The van der Waals surface area contributed by atoms with Gasteiger partial charge in [0, 0.05) is 23.3 Å². The van der Waals surface area contributed by atoms with Crippen LogP contribution in [0.3, 0.4) is 0 Å². The van der Waals surface area contributed by atoms with E-state index in [9.17, 15) is 35.9 Å². The van der Waals surface area contributed by atoms with Crippen LogP contribution in [0.2, 0.25) is 10.0 Å². The first-order valence-corrected chi connectivity index (χ1v) is 8.62. The van der Waals surface area contributed by atoms with Gasteiger partial charge in [0.1, 0.15) is 11.5 Å². The van der Waals surface area contributed by atoms with Crippen LogP contribution in [0, 0.1) is 0 Å². The standard InChI is InChI=1S/C16H4Cl2F6O3S/c17-7-3-9-11(1-5(7)13(25)15(19,20)21)28-12-2-6(14(26)16(22,23)24)8(18)4-10(12)27-9/h1-4H. The van der Waals surface area contributed by atoms with E-state index in [1.54, 1.807) is 0 Å². The Hall–Kier alpha value is -1.91. The van der Waals surface area contributed by atoms with Crippen LogP contribution in [-0.4, -0.2) is 23.9 Å². The second-order valence-corrected chi connectivity index (χ2v) is 7.31. The number of fused-ring (bicyclic) bond motifs is 2. The molecule has 0 unspecified atom stereocenters. The zero-order valence-electron chi connectivity index (χ0n) is 13.0. The Morgan fingerprint density at radius 3 is 1.43 bits per heavy atom. The molecule has 0 aromatic heterocycles. The van der Waals surface area contributed by atoms with Gasteiger partial charge in [-0.3, -0.25) is 9.59 Å². The van der Waals surface area contributed by atoms with Gasteiger partial charge in [0.2, 0.25) is 0 Å².